The second kappa shape index (κ2) is 4.85. The molecule has 0 atom stereocenters. The van der Waals surface area contributed by atoms with E-state index in [0.29, 0.717) is 17.2 Å². The molecule has 0 aliphatic carbocycles. The molecular weight excluding hydrogens is 256 g/mol. The highest BCUT2D eigenvalue weighted by atomic mass is 16.3. The van der Waals surface area contributed by atoms with Crippen LogP contribution in [0.3, 0.4) is 0 Å². The number of benzene rings is 1. The predicted octanol–water partition coefficient (Wildman–Crippen LogP) is 3.80. The van der Waals surface area contributed by atoms with Crippen molar-refractivity contribution >= 4 is 22.7 Å². The summed E-state index contributed by atoms with van der Waals surface area (Å²) in [5.74, 6) is 0.896. The molecule has 5 nitrogen and oxygen atoms in total. The Bertz CT molecular complexity index is 742. The van der Waals surface area contributed by atoms with Gasteiger partial charge in [0.25, 0.3) is 5.91 Å². The van der Waals surface area contributed by atoms with E-state index in [9.17, 15) is 4.79 Å². The van der Waals surface area contributed by atoms with Crippen LogP contribution in [-0.2, 0) is 0 Å². The van der Waals surface area contributed by atoms with E-state index in [-0.39, 0.29) is 17.6 Å². The fraction of sp³-hybridized carbons (Fsp3) is 0.200. The summed E-state index contributed by atoms with van der Waals surface area (Å²) in [7, 11) is 0. The lowest BCUT2D eigenvalue weighted by Crippen LogP contribution is -2.10. The Morgan fingerprint density at radius 1 is 1.30 bits per heavy atom. The summed E-state index contributed by atoms with van der Waals surface area (Å²) >= 11 is 0. The van der Waals surface area contributed by atoms with Crippen LogP contribution in [0.25, 0.3) is 11.1 Å². The lowest BCUT2D eigenvalue weighted by molar-refractivity contribution is 0.0996. The molecule has 1 N–H and O–H groups in total. The van der Waals surface area contributed by atoms with Crippen molar-refractivity contribution in [2.75, 3.05) is 5.32 Å². The molecule has 1 aromatic carbocycles. The van der Waals surface area contributed by atoms with E-state index in [0.717, 1.165) is 5.52 Å². The second-order valence-corrected chi connectivity index (χ2v) is 4.82. The van der Waals surface area contributed by atoms with Crippen molar-refractivity contribution in [3.05, 3.63) is 48.2 Å². The molecule has 102 valence electrons. The number of aromatic nitrogens is 1. The van der Waals surface area contributed by atoms with E-state index in [1.807, 2.05) is 13.8 Å². The molecule has 3 rings (SSSR count). The molecule has 5 heteroatoms. The van der Waals surface area contributed by atoms with Gasteiger partial charge in [0.2, 0.25) is 0 Å². The monoisotopic (exact) mass is 270 g/mol. The fourth-order valence-electron chi connectivity index (χ4n) is 1.87. The molecule has 0 saturated carbocycles. The number of fused-ring (bicyclic) bond motifs is 1. The first kappa shape index (κ1) is 12.5. The van der Waals surface area contributed by atoms with Gasteiger partial charge in [0, 0.05) is 11.6 Å². The van der Waals surface area contributed by atoms with Crippen LogP contribution in [0.1, 0.15) is 36.2 Å². The Morgan fingerprint density at radius 3 is 2.85 bits per heavy atom. The van der Waals surface area contributed by atoms with Crippen molar-refractivity contribution in [3.63, 3.8) is 0 Å². The predicted molar refractivity (Wildman–Crippen MR) is 74.8 cm³/mol. The molecule has 3 aromatic rings. The van der Waals surface area contributed by atoms with Crippen LogP contribution in [0.5, 0.6) is 0 Å². The van der Waals surface area contributed by atoms with Gasteiger partial charge in [-0.15, -0.1) is 0 Å². The molecule has 0 fully saturated rings. The molecular formula is C15H14N2O3. The molecule has 0 aliphatic rings. The second-order valence-electron chi connectivity index (χ2n) is 4.82. The van der Waals surface area contributed by atoms with Crippen LogP contribution >= 0.6 is 0 Å². The Morgan fingerprint density at radius 2 is 2.15 bits per heavy atom. The highest BCUT2D eigenvalue weighted by molar-refractivity contribution is 6.02. The summed E-state index contributed by atoms with van der Waals surface area (Å²) < 4.78 is 10.7. The molecule has 0 radical (unpaired) electrons. The van der Waals surface area contributed by atoms with E-state index in [4.69, 9.17) is 8.83 Å². The van der Waals surface area contributed by atoms with Gasteiger partial charge in [-0.2, -0.15) is 0 Å². The van der Waals surface area contributed by atoms with Crippen molar-refractivity contribution in [2.24, 2.45) is 0 Å². The Balaban J connectivity index is 1.87. The van der Waals surface area contributed by atoms with Gasteiger partial charge < -0.3 is 14.2 Å². The van der Waals surface area contributed by atoms with Gasteiger partial charge in [-0.1, -0.05) is 13.8 Å². The molecule has 20 heavy (non-hydrogen) atoms. The van der Waals surface area contributed by atoms with Crippen molar-refractivity contribution in [3.8, 4) is 0 Å². The third-order valence-electron chi connectivity index (χ3n) is 2.90. The van der Waals surface area contributed by atoms with Crippen LogP contribution in [0.2, 0.25) is 0 Å². The average Bonchev–Trinajstić information content (AvgIpc) is 3.07. The number of carbonyl (C=O) groups excluding carboxylic acids is 1. The summed E-state index contributed by atoms with van der Waals surface area (Å²) in [6.07, 6.45) is 1.46. The average molecular weight is 270 g/mol. The first-order chi connectivity index (χ1) is 9.63. The molecule has 1 amide bonds. The standard InChI is InChI=1S/C15H14N2O3/c1-9(2)15-17-11-8-10(5-6-12(11)20-15)16-14(18)13-4-3-7-19-13/h3-9H,1-2H3,(H,16,18). The number of furan rings is 1. The minimum Gasteiger partial charge on any atom is -0.459 e. The number of oxazole rings is 1. The van der Waals surface area contributed by atoms with Crippen LogP contribution in [0.4, 0.5) is 5.69 Å². The maximum absolute atomic E-state index is 11.9. The Kier molecular flexibility index (Phi) is 3.02. The van der Waals surface area contributed by atoms with Crippen LogP contribution < -0.4 is 5.32 Å². The lowest BCUT2D eigenvalue weighted by atomic mass is 10.2. The van der Waals surface area contributed by atoms with Gasteiger partial charge in [-0.3, -0.25) is 4.79 Å². The summed E-state index contributed by atoms with van der Waals surface area (Å²) in [5.41, 5.74) is 2.10. The Hall–Kier alpha value is -2.56. The summed E-state index contributed by atoms with van der Waals surface area (Å²) in [6, 6.07) is 8.64. The molecule has 0 bridgehead atoms. The maximum atomic E-state index is 11.9. The molecule has 0 aliphatic heterocycles. The van der Waals surface area contributed by atoms with E-state index < -0.39 is 0 Å². The number of nitrogens with zero attached hydrogens (tertiary/aromatic N) is 1. The summed E-state index contributed by atoms with van der Waals surface area (Å²) in [6.45, 7) is 4.04. The van der Waals surface area contributed by atoms with Crippen LogP contribution in [0, 0.1) is 0 Å². The number of nitrogens with one attached hydrogen (secondary N) is 1. The highest BCUT2D eigenvalue weighted by Crippen LogP contribution is 2.24. The SMILES string of the molecule is CC(C)c1nc2cc(NC(=O)c3ccco3)ccc2o1. The number of anilines is 1. The first-order valence-electron chi connectivity index (χ1n) is 6.39. The smallest absolute Gasteiger partial charge is 0.291 e. The van der Waals surface area contributed by atoms with Gasteiger partial charge in [-0.05, 0) is 30.3 Å². The van der Waals surface area contributed by atoms with E-state index in [1.165, 1.54) is 6.26 Å². The number of amides is 1. The minimum atomic E-state index is -0.290. The quantitative estimate of drug-likeness (QED) is 0.786. The number of rotatable bonds is 3. The summed E-state index contributed by atoms with van der Waals surface area (Å²) in [5, 5.41) is 2.76. The fourth-order valence-corrected chi connectivity index (χ4v) is 1.87. The molecule has 2 heterocycles. The first-order valence-corrected chi connectivity index (χ1v) is 6.39. The zero-order chi connectivity index (χ0) is 14.1. The lowest BCUT2D eigenvalue weighted by Gasteiger charge is -2.01. The minimum absolute atomic E-state index is 0.226. The topological polar surface area (TPSA) is 68.3 Å². The maximum Gasteiger partial charge on any atom is 0.291 e. The van der Waals surface area contributed by atoms with Crippen LogP contribution in [-0.4, -0.2) is 10.9 Å². The van der Waals surface area contributed by atoms with E-state index in [2.05, 4.69) is 10.3 Å². The molecule has 0 spiro atoms. The van der Waals surface area contributed by atoms with Gasteiger partial charge in [0.05, 0.1) is 6.26 Å². The molecule has 0 saturated heterocycles. The van der Waals surface area contributed by atoms with Crippen molar-refractivity contribution in [2.45, 2.75) is 19.8 Å². The van der Waals surface area contributed by atoms with Crippen molar-refractivity contribution in [1.82, 2.24) is 4.98 Å². The number of hydrogen-bond acceptors (Lipinski definition) is 4. The largest absolute Gasteiger partial charge is 0.459 e. The molecule has 2 aromatic heterocycles. The van der Waals surface area contributed by atoms with E-state index >= 15 is 0 Å². The van der Waals surface area contributed by atoms with Crippen molar-refractivity contribution < 1.29 is 13.6 Å². The zero-order valence-corrected chi connectivity index (χ0v) is 11.2. The summed E-state index contributed by atoms with van der Waals surface area (Å²) in [4.78, 5) is 16.3. The van der Waals surface area contributed by atoms with Crippen LogP contribution in [0.15, 0.2) is 45.4 Å². The normalized spacial score (nSPS) is 11.2. The van der Waals surface area contributed by atoms with Gasteiger partial charge in [0.1, 0.15) is 5.52 Å². The van der Waals surface area contributed by atoms with E-state index in [1.54, 1.807) is 30.3 Å². The Labute approximate surface area is 115 Å². The third kappa shape index (κ3) is 2.30. The van der Waals surface area contributed by atoms with Gasteiger partial charge in [-0.25, -0.2) is 4.98 Å². The zero-order valence-electron chi connectivity index (χ0n) is 11.2. The van der Waals surface area contributed by atoms with Gasteiger partial charge >= 0.3 is 0 Å². The third-order valence-corrected chi connectivity index (χ3v) is 2.90. The molecule has 0 unspecified atom stereocenters. The van der Waals surface area contributed by atoms with Gasteiger partial charge in [0.15, 0.2) is 17.2 Å². The number of hydrogen-bond donors (Lipinski definition) is 1. The van der Waals surface area contributed by atoms with Crippen molar-refractivity contribution in [1.29, 1.82) is 0 Å². The number of carbonyl (C=O) groups is 1. The highest BCUT2D eigenvalue weighted by Gasteiger charge is 2.12.